The van der Waals surface area contributed by atoms with Crippen LogP contribution in [0.2, 0.25) is 0 Å². The Morgan fingerprint density at radius 2 is 2.24 bits per heavy atom. The number of hydrogen-bond acceptors (Lipinski definition) is 3. The summed E-state index contributed by atoms with van der Waals surface area (Å²) < 4.78 is 5.85. The largest absolute Gasteiger partial charge is 0.372 e. The minimum atomic E-state index is 0.109. The monoisotopic (exact) mass is 234 g/mol. The first kappa shape index (κ1) is 12.5. The Bertz CT molecular complexity index is 309. The van der Waals surface area contributed by atoms with E-state index in [0.717, 1.165) is 18.2 Å². The molecule has 1 aliphatic rings. The zero-order valence-electron chi connectivity index (χ0n) is 10.6. The molecule has 94 valence electrons. The molecule has 1 fully saturated rings. The van der Waals surface area contributed by atoms with Crippen molar-refractivity contribution in [2.75, 3.05) is 19.7 Å². The first-order valence-corrected chi connectivity index (χ1v) is 6.59. The molecular formula is C14H22N2O. The van der Waals surface area contributed by atoms with Crippen LogP contribution in [0.1, 0.15) is 38.0 Å². The van der Waals surface area contributed by atoms with Gasteiger partial charge in [-0.2, -0.15) is 0 Å². The van der Waals surface area contributed by atoms with Crippen molar-refractivity contribution in [3.05, 3.63) is 30.1 Å². The van der Waals surface area contributed by atoms with Crippen LogP contribution in [0.5, 0.6) is 0 Å². The van der Waals surface area contributed by atoms with E-state index >= 15 is 0 Å². The molecule has 0 spiro atoms. The summed E-state index contributed by atoms with van der Waals surface area (Å²) in [6.07, 6.45) is 5.70. The van der Waals surface area contributed by atoms with Gasteiger partial charge in [0, 0.05) is 12.8 Å². The molecule has 0 amide bonds. The molecule has 1 aliphatic heterocycles. The number of rotatable bonds is 5. The summed E-state index contributed by atoms with van der Waals surface area (Å²) in [5, 5.41) is 3.39. The molecule has 1 aromatic heterocycles. The fourth-order valence-electron chi connectivity index (χ4n) is 2.28. The maximum absolute atomic E-state index is 5.85. The van der Waals surface area contributed by atoms with Gasteiger partial charge in [-0.15, -0.1) is 0 Å². The average Bonchev–Trinajstić information content (AvgIpc) is 2.41. The Hall–Kier alpha value is -0.930. The Morgan fingerprint density at radius 3 is 2.94 bits per heavy atom. The van der Waals surface area contributed by atoms with E-state index in [-0.39, 0.29) is 6.10 Å². The molecule has 2 heterocycles. The standard InChI is InChI=1S/C14H22N2O/c1-12(14-4-2-3-8-16-14)17-11-7-13-5-9-15-10-6-13/h2-4,8,12-13,15H,5-7,9-11H2,1H3/t12-/m1/s1. The molecule has 1 aromatic rings. The predicted octanol–water partition coefficient (Wildman–Crippen LogP) is 2.55. The highest BCUT2D eigenvalue weighted by Gasteiger charge is 2.13. The second-order valence-corrected chi connectivity index (χ2v) is 4.75. The van der Waals surface area contributed by atoms with Crippen LogP contribution in [0.25, 0.3) is 0 Å². The Kier molecular flexibility index (Phi) is 4.95. The number of ether oxygens (including phenoxy) is 1. The molecule has 2 rings (SSSR count). The van der Waals surface area contributed by atoms with Crippen LogP contribution in [0.15, 0.2) is 24.4 Å². The maximum Gasteiger partial charge on any atom is 0.0966 e. The van der Waals surface area contributed by atoms with Crippen LogP contribution in [0, 0.1) is 5.92 Å². The first-order valence-electron chi connectivity index (χ1n) is 6.59. The molecule has 0 saturated carbocycles. The number of piperidine rings is 1. The molecule has 0 bridgehead atoms. The summed E-state index contributed by atoms with van der Waals surface area (Å²) in [4.78, 5) is 4.31. The van der Waals surface area contributed by atoms with E-state index in [9.17, 15) is 0 Å². The van der Waals surface area contributed by atoms with E-state index in [2.05, 4.69) is 17.2 Å². The molecule has 1 saturated heterocycles. The predicted molar refractivity (Wildman–Crippen MR) is 68.8 cm³/mol. The van der Waals surface area contributed by atoms with E-state index in [1.54, 1.807) is 0 Å². The van der Waals surface area contributed by atoms with Gasteiger partial charge in [0.2, 0.25) is 0 Å². The molecule has 0 aromatic carbocycles. The van der Waals surface area contributed by atoms with E-state index in [0.29, 0.717) is 0 Å². The molecule has 1 N–H and O–H groups in total. The lowest BCUT2D eigenvalue weighted by Crippen LogP contribution is -2.28. The molecule has 0 unspecified atom stereocenters. The van der Waals surface area contributed by atoms with Gasteiger partial charge >= 0.3 is 0 Å². The molecular weight excluding hydrogens is 212 g/mol. The summed E-state index contributed by atoms with van der Waals surface area (Å²) in [6.45, 7) is 5.26. The summed E-state index contributed by atoms with van der Waals surface area (Å²) in [7, 11) is 0. The SMILES string of the molecule is C[C@@H](OCCC1CCNCC1)c1ccccn1. The lowest BCUT2D eigenvalue weighted by atomic mass is 9.95. The lowest BCUT2D eigenvalue weighted by Gasteiger charge is -2.23. The fraction of sp³-hybridized carbons (Fsp3) is 0.643. The van der Waals surface area contributed by atoms with E-state index < -0.39 is 0 Å². The van der Waals surface area contributed by atoms with Crippen LogP contribution in [0.3, 0.4) is 0 Å². The van der Waals surface area contributed by atoms with E-state index in [4.69, 9.17) is 4.74 Å². The quantitative estimate of drug-likeness (QED) is 0.850. The number of pyridine rings is 1. The third-order valence-corrected chi connectivity index (χ3v) is 3.46. The van der Waals surface area contributed by atoms with Crippen LogP contribution in [0.4, 0.5) is 0 Å². The number of aromatic nitrogens is 1. The van der Waals surface area contributed by atoms with Gasteiger partial charge in [-0.1, -0.05) is 6.07 Å². The molecule has 3 nitrogen and oxygen atoms in total. The van der Waals surface area contributed by atoms with Gasteiger partial charge in [-0.05, 0) is 57.3 Å². The average molecular weight is 234 g/mol. The topological polar surface area (TPSA) is 34.1 Å². The summed E-state index contributed by atoms with van der Waals surface area (Å²) in [5.41, 5.74) is 1.03. The second-order valence-electron chi connectivity index (χ2n) is 4.75. The molecule has 1 atom stereocenters. The van der Waals surface area contributed by atoms with Crippen molar-refractivity contribution in [2.24, 2.45) is 5.92 Å². The van der Waals surface area contributed by atoms with Gasteiger partial charge < -0.3 is 10.1 Å². The van der Waals surface area contributed by atoms with Crippen molar-refractivity contribution in [2.45, 2.75) is 32.3 Å². The van der Waals surface area contributed by atoms with Gasteiger partial charge in [0.15, 0.2) is 0 Å². The smallest absolute Gasteiger partial charge is 0.0966 e. The molecule has 0 radical (unpaired) electrons. The van der Waals surface area contributed by atoms with Gasteiger partial charge in [0.05, 0.1) is 11.8 Å². The molecule has 3 heteroatoms. The van der Waals surface area contributed by atoms with Crippen LogP contribution < -0.4 is 5.32 Å². The normalized spacial score (nSPS) is 19.1. The van der Waals surface area contributed by atoms with Gasteiger partial charge in [-0.25, -0.2) is 0 Å². The van der Waals surface area contributed by atoms with E-state index in [1.165, 1.54) is 32.4 Å². The third kappa shape index (κ3) is 4.10. The molecule has 17 heavy (non-hydrogen) atoms. The lowest BCUT2D eigenvalue weighted by molar-refractivity contribution is 0.0507. The highest BCUT2D eigenvalue weighted by Crippen LogP contribution is 2.19. The van der Waals surface area contributed by atoms with Crippen molar-refractivity contribution in [1.29, 1.82) is 0 Å². The summed E-state index contributed by atoms with van der Waals surface area (Å²) in [6, 6.07) is 5.97. The Balaban J connectivity index is 1.67. The Labute approximate surface area is 104 Å². The van der Waals surface area contributed by atoms with Gasteiger partial charge in [-0.3, -0.25) is 4.98 Å². The Morgan fingerprint density at radius 1 is 1.41 bits per heavy atom. The van der Waals surface area contributed by atoms with Gasteiger partial charge in [0.1, 0.15) is 0 Å². The summed E-state index contributed by atoms with van der Waals surface area (Å²) in [5.74, 6) is 0.840. The number of hydrogen-bond donors (Lipinski definition) is 1. The number of nitrogens with zero attached hydrogens (tertiary/aromatic N) is 1. The fourth-order valence-corrected chi connectivity index (χ4v) is 2.28. The van der Waals surface area contributed by atoms with Crippen LogP contribution in [-0.4, -0.2) is 24.7 Å². The molecule has 0 aliphatic carbocycles. The zero-order chi connectivity index (χ0) is 11.9. The third-order valence-electron chi connectivity index (χ3n) is 3.46. The van der Waals surface area contributed by atoms with Crippen molar-refractivity contribution < 1.29 is 4.74 Å². The van der Waals surface area contributed by atoms with Gasteiger partial charge in [0.25, 0.3) is 0 Å². The first-order chi connectivity index (χ1) is 8.36. The van der Waals surface area contributed by atoms with Crippen LogP contribution in [-0.2, 0) is 4.74 Å². The van der Waals surface area contributed by atoms with Crippen molar-refractivity contribution in [1.82, 2.24) is 10.3 Å². The summed E-state index contributed by atoms with van der Waals surface area (Å²) >= 11 is 0. The van der Waals surface area contributed by atoms with Crippen LogP contribution >= 0.6 is 0 Å². The van der Waals surface area contributed by atoms with E-state index in [1.807, 2.05) is 24.4 Å². The maximum atomic E-state index is 5.85. The van der Waals surface area contributed by atoms with Crippen molar-refractivity contribution in [3.63, 3.8) is 0 Å². The minimum absolute atomic E-state index is 0.109. The van der Waals surface area contributed by atoms with Crippen molar-refractivity contribution >= 4 is 0 Å². The highest BCUT2D eigenvalue weighted by atomic mass is 16.5. The highest BCUT2D eigenvalue weighted by molar-refractivity contribution is 5.05. The minimum Gasteiger partial charge on any atom is -0.372 e. The number of nitrogens with one attached hydrogen (secondary N) is 1. The second kappa shape index (κ2) is 6.72. The van der Waals surface area contributed by atoms with Crippen molar-refractivity contribution in [3.8, 4) is 0 Å². The zero-order valence-corrected chi connectivity index (χ0v) is 10.6.